The number of hydrogen-bond donors (Lipinski definition) is 2. The summed E-state index contributed by atoms with van der Waals surface area (Å²) in [4.78, 5) is 37.2. The van der Waals surface area contributed by atoms with Gasteiger partial charge in [-0.2, -0.15) is 0 Å². The number of rotatable bonds is 5. The lowest BCUT2D eigenvalue weighted by molar-refractivity contribution is -0.923. The summed E-state index contributed by atoms with van der Waals surface area (Å²) in [5.41, 5.74) is 0.340. The fourth-order valence-electron chi connectivity index (χ4n) is 4.51. The average Bonchev–Trinajstić information content (AvgIpc) is 2.75. The molecule has 11 heteroatoms. The molecule has 1 aromatic rings. The Morgan fingerprint density at radius 1 is 1.18 bits per heavy atom. The molecule has 0 radical (unpaired) electrons. The molecular weight excluding hydrogens is 460 g/mol. The predicted octanol–water partition coefficient (Wildman–Crippen LogP) is 0.583. The van der Waals surface area contributed by atoms with Crippen LogP contribution in [0.5, 0.6) is 0 Å². The van der Waals surface area contributed by atoms with Gasteiger partial charge in [-0.05, 0) is 39.8 Å². The molecule has 0 unspecified atom stereocenters. The number of carbonyl (C=O) groups is 3. The Hall–Kier alpha value is -2.92. The standard InChI is InChI=1S/C23H32N4O6S/c1-16-5-7-18(8-6-16)34(32,33)26-12-11-24-21(29)19(26)15-20(28)25-17-9-13-27(14-10-17,22(30)31)23(2,3)4/h5-8,11-12,17,19H,9-10,13-15H2,1-4H3,(H2-,24,25,28,29,30,31)/t17?,19-,27?/m1/s1. The molecule has 1 fully saturated rings. The number of likely N-dealkylation sites (tertiary alicyclic amines) is 1. The molecule has 2 aliphatic rings. The maximum atomic E-state index is 13.2. The smallest absolute Gasteiger partial charge is 0.264 e. The van der Waals surface area contributed by atoms with Crippen LogP contribution in [-0.2, 0) is 19.6 Å². The second-order valence-corrected chi connectivity index (χ2v) is 11.7. The summed E-state index contributed by atoms with van der Waals surface area (Å²) >= 11 is 0. The largest absolute Gasteiger partial charge is 0.498 e. The van der Waals surface area contributed by atoms with Crippen LogP contribution >= 0.6 is 0 Å². The summed E-state index contributed by atoms with van der Waals surface area (Å²) in [6.07, 6.45) is 1.83. The van der Waals surface area contributed by atoms with Gasteiger partial charge in [0.25, 0.3) is 16.1 Å². The summed E-state index contributed by atoms with van der Waals surface area (Å²) < 4.78 is 27.0. The first-order valence-electron chi connectivity index (χ1n) is 11.2. The number of sulfonamides is 1. The van der Waals surface area contributed by atoms with Crippen molar-refractivity contribution in [2.24, 2.45) is 0 Å². The Bertz CT molecular complexity index is 1080. The number of aryl methyl sites for hydroxylation is 1. The number of hydrogen-bond acceptors (Lipinski definition) is 6. The fraction of sp³-hybridized carbons (Fsp3) is 0.522. The zero-order chi connectivity index (χ0) is 25.3. The Morgan fingerprint density at radius 3 is 2.29 bits per heavy atom. The molecule has 1 atom stereocenters. The lowest BCUT2D eigenvalue weighted by Gasteiger charge is -2.51. The van der Waals surface area contributed by atoms with Crippen LogP contribution in [0.3, 0.4) is 0 Å². The van der Waals surface area contributed by atoms with Crippen molar-refractivity contribution in [2.45, 2.75) is 69.5 Å². The normalized spacial score (nSPS) is 25.5. The van der Waals surface area contributed by atoms with Crippen molar-refractivity contribution in [3.05, 3.63) is 42.2 Å². The Labute approximate surface area is 200 Å². The molecule has 186 valence electrons. The molecule has 10 nitrogen and oxygen atoms in total. The predicted molar refractivity (Wildman–Crippen MR) is 122 cm³/mol. The van der Waals surface area contributed by atoms with Crippen LogP contribution in [0.4, 0.5) is 4.79 Å². The van der Waals surface area contributed by atoms with Gasteiger partial charge in [-0.15, -0.1) is 0 Å². The molecule has 0 bridgehead atoms. The first-order chi connectivity index (χ1) is 15.8. The van der Waals surface area contributed by atoms with Crippen LogP contribution in [0.2, 0.25) is 0 Å². The summed E-state index contributed by atoms with van der Waals surface area (Å²) in [7, 11) is -4.05. The molecule has 0 aromatic heterocycles. The third-order valence-corrected chi connectivity index (χ3v) is 8.55. The summed E-state index contributed by atoms with van der Waals surface area (Å²) in [6.45, 7) is 7.98. The van der Waals surface area contributed by atoms with Crippen LogP contribution in [0.1, 0.15) is 45.6 Å². The minimum absolute atomic E-state index is 0.0220. The second kappa shape index (κ2) is 9.38. The molecular formula is C23H32N4O6S. The van der Waals surface area contributed by atoms with Crippen LogP contribution in [0.25, 0.3) is 0 Å². The molecule has 0 spiro atoms. The maximum Gasteiger partial charge on any atom is 0.264 e. The highest BCUT2D eigenvalue weighted by molar-refractivity contribution is 7.89. The summed E-state index contributed by atoms with van der Waals surface area (Å²) in [6, 6.07) is 4.72. The van der Waals surface area contributed by atoms with Crippen LogP contribution in [0, 0.1) is 6.92 Å². The van der Waals surface area contributed by atoms with Gasteiger partial charge >= 0.3 is 0 Å². The highest BCUT2D eigenvalue weighted by atomic mass is 32.2. The van der Waals surface area contributed by atoms with Crippen molar-refractivity contribution in [2.75, 3.05) is 13.1 Å². The number of carbonyl (C=O) groups excluding carboxylic acids is 3. The van der Waals surface area contributed by atoms with E-state index in [-0.39, 0.29) is 21.8 Å². The maximum absolute atomic E-state index is 13.2. The van der Waals surface area contributed by atoms with E-state index in [1.165, 1.54) is 24.5 Å². The first-order valence-corrected chi connectivity index (χ1v) is 12.7. The third-order valence-electron chi connectivity index (χ3n) is 6.75. The lowest BCUT2D eigenvalue weighted by Crippen LogP contribution is -2.71. The van der Waals surface area contributed by atoms with Crippen LogP contribution in [-0.4, -0.2) is 65.8 Å². The van der Waals surface area contributed by atoms with E-state index in [4.69, 9.17) is 0 Å². The van der Waals surface area contributed by atoms with E-state index < -0.39 is 39.5 Å². The molecule has 34 heavy (non-hydrogen) atoms. The van der Waals surface area contributed by atoms with Gasteiger partial charge in [-0.3, -0.25) is 18.4 Å². The van der Waals surface area contributed by atoms with Gasteiger partial charge in [0.15, 0.2) is 0 Å². The number of amides is 3. The third kappa shape index (κ3) is 4.95. The van der Waals surface area contributed by atoms with E-state index in [0.29, 0.717) is 25.9 Å². The van der Waals surface area contributed by atoms with E-state index in [2.05, 4.69) is 10.6 Å². The van der Waals surface area contributed by atoms with Crippen molar-refractivity contribution in [3.8, 4) is 0 Å². The molecule has 3 amide bonds. The van der Waals surface area contributed by atoms with Gasteiger partial charge in [-0.25, -0.2) is 8.42 Å². The minimum atomic E-state index is -4.05. The number of benzene rings is 1. The van der Waals surface area contributed by atoms with E-state index in [9.17, 15) is 27.9 Å². The van der Waals surface area contributed by atoms with E-state index in [0.717, 1.165) is 9.87 Å². The Balaban J connectivity index is 1.70. The number of nitrogens with one attached hydrogen (secondary N) is 2. The summed E-state index contributed by atoms with van der Waals surface area (Å²) in [5, 5.41) is 17.2. The molecule has 2 N–H and O–H groups in total. The van der Waals surface area contributed by atoms with Gasteiger partial charge < -0.3 is 20.5 Å². The molecule has 0 saturated carbocycles. The molecule has 1 aromatic carbocycles. The highest BCUT2D eigenvalue weighted by Gasteiger charge is 2.46. The molecule has 2 heterocycles. The zero-order valence-electron chi connectivity index (χ0n) is 19.9. The monoisotopic (exact) mass is 492 g/mol. The van der Waals surface area contributed by atoms with Crippen LogP contribution < -0.4 is 15.7 Å². The van der Waals surface area contributed by atoms with E-state index in [1.807, 2.05) is 27.7 Å². The number of quaternary nitrogens is 1. The first kappa shape index (κ1) is 25.7. The molecule has 2 aliphatic heterocycles. The van der Waals surface area contributed by atoms with Crippen molar-refractivity contribution in [1.82, 2.24) is 14.9 Å². The number of piperidine rings is 1. The molecule has 3 rings (SSSR count). The highest BCUT2D eigenvalue weighted by Crippen LogP contribution is 2.30. The zero-order valence-corrected chi connectivity index (χ0v) is 20.7. The quantitative estimate of drug-likeness (QED) is 0.577. The average molecular weight is 493 g/mol. The van der Waals surface area contributed by atoms with Gasteiger partial charge in [-0.1, -0.05) is 17.7 Å². The Kier molecular flexibility index (Phi) is 7.09. The second-order valence-electron chi connectivity index (χ2n) is 9.89. The van der Waals surface area contributed by atoms with Crippen molar-refractivity contribution < 1.29 is 32.4 Å². The van der Waals surface area contributed by atoms with Gasteiger partial charge in [0.1, 0.15) is 6.04 Å². The lowest BCUT2D eigenvalue weighted by atomic mass is 9.93. The van der Waals surface area contributed by atoms with Gasteiger partial charge in [0.2, 0.25) is 11.8 Å². The number of carboxylic acid groups (broad SMARTS) is 1. The minimum Gasteiger partial charge on any atom is -0.498 e. The van der Waals surface area contributed by atoms with Gasteiger partial charge in [0.05, 0.1) is 29.9 Å². The van der Waals surface area contributed by atoms with Crippen LogP contribution in [0.15, 0.2) is 41.6 Å². The number of nitrogens with zero attached hydrogens (tertiary/aromatic N) is 2. The topological polar surface area (TPSA) is 136 Å². The fourth-order valence-corrected chi connectivity index (χ4v) is 5.96. The van der Waals surface area contributed by atoms with E-state index in [1.54, 1.807) is 12.1 Å². The van der Waals surface area contributed by atoms with Crippen molar-refractivity contribution in [1.29, 1.82) is 0 Å². The van der Waals surface area contributed by atoms with E-state index >= 15 is 0 Å². The molecule has 0 aliphatic carbocycles. The Morgan fingerprint density at radius 2 is 1.76 bits per heavy atom. The summed E-state index contributed by atoms with van der Waals surface area (Å²) in [5.74, 6) is -1.08. The van der Waals surface area contributed by atoms with Crippen molar-refractivity contribution in [3.63, 3.8) is 0 Å². The van der Waals surface area contributed by atoms with Gasteiger partial charge in [0, 0.05) is 31.3 Å². The van der Waals surface area contributed by atoms with Crippen molar-refractivity contribution >= 4 is 27.9 Å². The molecule has 1 saturated heterocycles. The SMILES string of the molecule is Cc1ccc(S(=O)(=O)N2C=CNC(=O)[C@H]2CC(=O)NC2CC[N+](C(=O)[O-])(C(C)(C)C)CC2)cc1.